The number of nitrogens with zero attached hydrogens (tertiary/aromatic N) is 2. The number of carbonyl (C=O) groups is 1. The van der Waals surface area contributed by atoms with E-state index in [0.29, 0.717) is 25.2 Å². The van der Waals surface area contributed by atoms with Gasteiger partial charge in [-0.15, -0.1) is 11.3 Å². The van der Waals surface area contributed by atoms with E-state index in [1.165, 1.54) is 10.4 Å². The molecule has 26 heavy (non-hydrogen) atoms. The van der Waals surface area contributed by atoms with Crippen LogP contribution in [-0.2, 0) is 30.6 Å². The van der Waals surface area contributed by atoms with Crippen molar-refractivity contribution in [3.63, 3.8) is 0 Å². The summed E-state index contributed by atoms with van der Waals surface area (Å²) in [4.78, 5) is 36.0. The van der Waals surface area contributed by atoms with Crippen molar-refractivity contribution in [3.05, 3.63) is 50.3 Å². The second kappa shape index (κ2) is 6.72. The van der Waals surface area contributed by atoms with Crippen molar-refractivity contribution in [2.75, 3.05) is 7.05 Å². The zero-order valence-corrected chi connectivity index (χ0v) is 15.7. The monoisotopic (exact) mass is 371 g/mol. The number of hydrogen-bond acceptors (Lipinski definition) is 5. The summed E-state index contributed by atoms with van der Waals surface area (Å²) in [5.74, 6) is 2.17. The van der Waals surface area contributed by atoms with E-state index in [2.05, 4.69) is 9.97 Å². The number of aromatic amines is 1. The van der Waals surface area contributed by atoms with E-state index >= 15 is 0 Å². The van der Waals surface area contributed by atoms with Crippen molar-refractivity contribution in [3.8, 4) is 0 Å². The van der Waals surface area contributed by atoms with Crippen LogP contribution >= 0.6 is 11.3 Å². The van der Waals surface area contributed by atoms with Gasteiger partial charge in [-0.3, -0.25) is 9.59 Å². The molecule has 0 saturated heterocycles. The predicted octanol–water partition coefficient (Wildman–Crippen LogP) is 2.97. The largest absolute Gasteiger partial charge is 0.464 e. The van der Waals surface area contributed by atoms with Crippen LogP contribution in [0.5, 0.6) is 0 Å². The Morgan fingerprint density at radius 3 is 3.00 bits per heavy atom. The molecule has 1 amide bonds. The van der Waals surface area contributed by atoms with Gasteiger partial charge in [-0.25, -0.2) is 4.98 Å². The van der Waals surface area contributed by atoms with Crippen molar-refractivity contribution >= 4 is 27.5 Å². The quantitative estimate of drug-likeness (QED) is 0.748. The Hall–Kier alpha value is -2.41. The van der Waals surface area contributed by atoms with E-state index in [1.54, 1.807) is 23.3 Å². The number of rotatable bonds is 5. The van der Waals surface area contributed by atoms with Gasteiger partial charge in [0.15, 0.2) is 0 Å². The number of hydrogen-bond donors (Lipinski definition) is 1. The maximum atomic E-state index is 12.4. The molecule has 1 aliphatic carbocycles. The lowest BCUT2D eigenvalue weighted by atomic mass is 10.2. The van der Waals surface area contributed by atoms with Gasteiger partial charge in [0, 0.05) is 24.8 Å². The highest BCUT2D eigenvalue weighted by Gasteiger charge is 2.21. The number of H-pyrrole nitrogens is 1. The molecular formula is C19H21N3O3S. The second-order valence-electron chi connectivity index (χ2n) is 6.81. The minimum atomic E-state index is -0.0729. The number of thiophene rings is 1. The van der Waals surface area contributed by atoms with Gasteiger partial charge in [0.2, 0.25) is 5.91 Å². The Labute approximate surface area is 154 Å². The fourth-order valence-corrected chi connectivity index (χ4v) is 4.75. The molecule has 0 bridgehead atoms. The van der Waals surface area contributed by atoms with Crippen LogP contribution < -0.4 is 5.56 Å². The lowest BCUT2D eigenvalue weighted by Gasteiger charge is -2.15. The van der Waals surface area contributed by atoms with Crippen molar-refractivity contribution in [2.24, 2.45) is 0 Å². The predicted molar refractivity (Wildman–Crippen MR) is 101 cm³/mol. The highest BCUT2D eigenvalue weighted by Crippen LogP contribution is 2.34. The smallest absolute Gasteiger partial charge is 0.259 e. The van der Waals surface area contributed by atoms with Gasteiger partial charge in [-0.05, 0) is 43.9 Å². The first kappa shape index (κ1) is 17.0. The molecule has 0 spiro atoms. The van der Waals surface area contributed by atoms with Gasteiger partial charge in [0.05, 0.1) is 11.9 Å². The van der Waals surface area contributed by atoms with Crippen molar-refractivity contribution in [1.82, 2.24) is 14.9 Å². The van der Waals surface area contributed by atoms with E-state index in [-0.39, 0.29) is 11.5 Å². The highest BCUT2D eigenvalue weighted by molar-refractivity contribution is 7.18. The molecule has 0 saturated carbocycles. The Morgan fingerprint density at radius 1 is 1.38 bits per heavy atom. The molecule has 0 aliphatic heterocycles. The summed E-state index contributed by atoms with van der Waals surface area (Å²) in [6.45, 7) is 2.32. The summed E-state index contributed by atoms with van der Waals surface area (Å²) >= 11 is 1.62. The first-order valence-corrected chi connectivity index (χ1v) is 9.65. The number of fused-ring (bicyclic) bond motifs is 3. The summed E-state index contributed by atoms with van der Waals surface area (Å²) < 4.78 is 5.51. The second-order valence-corrected chi connectivity index (χ2v) is 7.90. The van der Waals surface area contributed by atoms with Crippen LogP contribution in [0, 0.1) is 6.92 Å². The van der Waals surface area contributed by atoms with Gasteiger partial charge in [-0.1, -0.05) is 0 Å². The Morgan fingerprint density at radius 2 is 2.23 bits per heavy atom. The molecule has 3 aromatic rings. The zero-order chi connectivity index (χ0) is 18.3. The zero-order valence-electron chi connectivity index (χ0n) is 14.9. The fourth-order valence-electron chi connectivity index (χ4n) is 3.47. The van der Waals surface area contributed by atoms with E-state index in [9.17, 15) is 9.59 Å². The molecule has 7 heteroatoms. The van der Waals surface area contributed by atoms with Crippen LogP contribution in [0.2, 0.25) is 0 Å². The van der Waals surface area contributed by atoms with Gasteiger partial charge < -0.3 is 14.3 Å². The summed E-state index contributed by atoms with van der Waals surface area (Å²) in [5, 5.41) is 0.753. The number of amides is 1. The minimum absolute atomic E-state index is 0.00419. The molecule has 0 atom stereocenters. The molecule has 0 fully saturated rings. The molecule has 3 aromatic heterocycles. The SMILES string of the molecule is Cc1ccc(CN(C)C(=O)CCc2nc3sc4c(c3c(=O)[nH]2)CCC4)o1. The summed E-state index contributed by atoms with van der Waals surface area (Å²) in [7, 11) is 1.75. The topological polar surface area (TPSA) is 79.2 Å². The van der Waals surface area contributed by atoms with Crippen molar-refractivity contribution < 1.29 is 9.21 Å². The Balaban J connectivity index is 1.44. The van der Waals surface area contributed by atoms with E-state index in [0.717, 1.165) is 41.0 Å². The average Bonchev–Trinajstić information content (AvgIpc) is 3.28. The number of aromatic nitrogens is 2. The summed E-state index contributed by atoms with van der Waals surface area (Å²) in [6.07, 6.45) is 3.85. The molecule has 1 N–H and O–H groups in total. The standard InChI is InChI=1S/C19H21N3O3S/c1-11-6-7-12(25-11)10-22(2)16(23)9-8-15-20-18(24)17-13-4-3-5-14(13)26-19(17)21-15/h6-7H,3-5,8-10H2,1-2H3,(H,20,21,24). The first-order chi connectivity index (χ1) is 12.5. The van der Waals surface area contributed by atoms with Gasteiger partial charge in [0.25, 0.3) is 5.56 Å². The molecule has 4 rings (SSSR count). The number of aryl methyl sites for hydroxylation is 4. The van der Waals surface area contributed by atoms with E-state index < -0.39 is 0 Å². The number of nitrogens with one attached hydrogen (secondary N) is 1. The summed E-state index contributed by atoms with van der Waals surface area (Å²) in [6, 6.07) is 3.76. The summed E-state index contributed by atoms with van der Waals surface area (Å²) in [5.41, 5.74) is 1.10. The van der Waals surface area contributed by atoms with E-state index in [4.69, 9.17) is 4.42 Å². The number of carbonyl (C=O) groups excluding carboxylic acids is 1. The first-order valence-electron chi connectivity index (χ1n) is 8.84. The van der Waals surface area contributed by atoms with Crippen LogP contribution in [0.15, 0.2) is 21.3 Å². The van der Waals surface area contributed by atoms with Crippen LogP contribution in [0.1, 0.15) is 40.6 Å². The fraction of sp³-hybridized carbons (Fsp3) is 0.421. The lowest BCUT2D eigenvalue weighted by Crippen LogP contribution is -2.26. The molecule has 6 nitrogen and oxygen atoms in total. The van der Waals surface area contributed by atoms with Crippen LogP contribution in [0.4, 0.5) is 0 Å². The lowest BCUT2D eigenvalue weighted by molar-refractivity contribution is -0.130. The Kier molecular flexibility index (Phi) is 4.40. The molecular weight excluding hydrogens is 350 g/mol. The molecule has 3 heterocycles. The van der Waals surface area contributed by atoms with Gasteiger partial charge in [0.1, 0.15) is 22.2 Å². The van der Waals surface area contributed by atoms with Crippen LogP contribution in [-0.4, -0.2) is 27.8 Å². The number of furan rings is 1. The third-order valence-electron chi connectivity index (χ3n) is 4.81. The maximum Gasteiger partial charge on any atom is 0.259 e. The molecule has 0 unspecified atom stereocenters. The molecule has 0 radical (unpaired) electrons. The molecule has 1 aliphatic rings. The van der Waals surface area contributed by atoms with E-state index in [1.807, 2.05) is 19.1 Å². The van der Waals surface area contributed by atoms with Crippen molar-refractivity contribution in [1.29, 1.82) is 0 Å². The molecule has 0 aromatic carbocycles. The van der Waals surface area contributed by atoms with Gasteiger partial charge >= 0.3 is 0 Å². The molecule has 136 valence electrons. The highest BCUT2D eigenvalue weighted by atomic mass is 32.1. The van der Waals surface area contributed by atoms with Crippen LogP contribution in [0.25, 0.3) is 10.2 Å². The third kappa shape index (κ3) is 3.19. The van der Waals surface area contributed by atoms with Crippen LogP contribution in [0.3, 0.4) is 0 Å². The average molecular weight is 371 g/mol. The maximum absolute atomic E-state index is 12.4. The Bertz CT molecular complexity index is 1030. The normalized spacial score (nSPS) is 13.3. The van der Waals surface area contributed by atoms with Crippen molar-refractivity contribution in [2.45, 2.75) is 45.6 Å². The third-order valence-corrected chi connectivity index (χ3v) is 6.00. The minimum Gasteiger partial charge on any atom is -0.464 e. The van der Waals surface area contributed by atoms with Gasteiger partial charge in [-0.2, -0.15) is 0 Å².